The summed E-state index contributed by atoms with van der Waals surface area (Å²) in [6, 6.07) is 8.91. The van der Waals surface area contributed by atoms with E-state index in [1.165, 1.54) is 6.07 Å². The number of ether oxygens (including phenoxy) is 2. The summed E-state index contributed by atoms with van der Waals surface area (Å²) in [5.41, 5.74) is 1.31. The van der Waals surface area contributed by atoms with Crippen LogP contribution in [0.25, 0.3) is 0 Å². The molecule has 0 saturated carbocycles. The molecule has 2 aromatic rings. The zero-order chi connectivity index (χ0) is 14.5. The van der Waals surface area contributed by atoms with E-state index in [0.717, 1.165) is 17.7 Å². The van der Waals surface area contributed by atoms with E-state index < -0.39 is 11.6 Å². The first-order valence-electron chi connectivity index (χ1n) is 5.93. The minimum atomic E-state index is -0.890. The van der Waals surface area contributed by atoms with Gasteiger partial charge in [-0.05, 0) is 35.9 Å². The van der Waals surface area contributed by atoms with Crippen LogP contribution in [0.2, 0.25) is 0 Å². The van der Waals surface area contributed by atoms with Crippen molar-refractivity contribution >= 4 is 11.6 Å². The van der Waals surface area contributed by atoms with Crippen LogP contribution in [-0.4, -0.2) is 7.11 Å². The molecule has 0 N–H and O–H groups in total. The van der Waals surface area contributed by atoms with E-state index in [2.05, 4.69) is 0 Å². The van der Waals surface area contributed by atoms with Gasteiger partial charge in [-0.15, -0.1) is 11.6 Å². The molecule has 0 spiro atoms. The van der Waals surface area contributed by atoms with Gasteiger partial charge in [0.2, 0.25) is 0 Å². The van der Waals surface area contributed by atoms with Crippen LogP contribution in [0, 0.1) is 11.6 Å². The van der Waals surface area contributed by atoms with Gasteiger partial charge in [-0.3, -0.25) is 0 Å². The number of alkyl halides is 1. The quantitative estimate of drug-likeness (QED) is 0.767. The van der Waals surface area contributed by atoms with E-state index in [4.69, 9.17) is 21.1 Å². The average Bonchev–Trinajstić information content (AvgIpc) is 2.48. The molecule has 2 nitrogen and oxygen atoms in total. The monoisotopic (exact) mass is 298 g/mol. The summed E-state index contributed by atoms with van der Waals surface area (Å²) in [5.74, 6) is -0.228. The molecule has 20 heavy (non-hydrogen) atoms. The van der Waals surface area contributed by atoms with Crippen molar-refractivity contribution in [1.29, 1.82) is 0 Å². The molecule has 0 saturated heterocycles. The minimum Gasteiger partial charge on any atom is -0.497 e. The number of methoxy groups -OCH3 is 1. The van der Waals surface area contributed by atoms with Gasteiger partial charge in [0.15, 0.2) is 11.6 Å². The third-order valence-electron chi connectivity index (χ3n) is 2.79. The van der Waals surface area contributed by atoms with Gasteiger partial charge >= 0.3 is 0 Å². The SMILES string of the molecule is COc1ccc(OCc2ccc(F)c(F)c2)c(CCl)c1. The van der Waals surface area contributed by atoms with E-state index in [1.807, 2.05) is 0 Å². The Hall–Kier alpha value is -1.81. The van der Waals surface area contributed by atoms with E-state index in [9.17, 15) is 8.78 Å². The van der Waals surface area contributed by atoms with Crippen LogP contribution in [0.5, 0.6) is 11.5 Å². The highest BCUT2D eigenvalue weighted by molar-refractivity contribution is 6.17. The molecule has 0 radical (unpaired) electrons. The minimum absolute atomic E-state index is 0.132. The third kappa shape index (κ3) is 3.39. The van der Waals surface area contributed by atoms with Crippen molar-refractivity contribution in [3.05, 3.63) is 59.2 Å². The Labute approximate surface area is 120 Å². The van der Waals surface area contributed by atoms with Crippen LogP contribution >= 0.6 is 11.6 Å². The van der Waals surface area contributed by atoms with Gasteiger partial charge in [-0.25, -0.2) is 8.78 Å². The molecular weight excluding hydrogens is 286 g/mol. The van der Waals surface area contributed by atoms with Crippen molar-refractivity contribution in [3.8, 4) is 11.5 Å². The third-order valence-corrected chi connectivity index (χ3v) is 3.08. The predicted octanol–water partition coefficient (Wildman–Crippen LogP) is 4.29. The number of benzene rings is 2. The lowest BCUT2D eigenvalue weighted by molar-refractivity contribution is 0.302. The van der Waals surface area contributed by atoms with Gasteiger partial charge in [0.1, 0.15) is 18.1 Å². The first kappa shape index (κ1) is 14.6. The smallest absolute Gasteiger partial charge is 0.159 e. The van der Waals surface area contributed by atoms with E-state index in [1.54, 1.807) is 25.3 Å². The Kier molecular flexibility index (Phi) is 4.79. The fraction of sp³-hybridized carbons (Fsp3) is 0.200. The van der Waals surface area contributed by atoms with Crippen LogP contribution in [0.4, 0.5) is 8.78 Å². The molecule has 0 unspecified atom stereocenters. The molecule has 0 aromatic heterocycles. The van der Waals surface area contributed by atoms with Crippen molar-refractivity contribution < 1.29 is 18.3 Å². The molecule has 0 fully saturated rings. The van der Waals surface area contributed by atoms with Gasteiger partial charge in [0.25, 0.3) is 0 Å². The lowest BCUT2D eigenvalue weighted by Gasteiger charge is -2.11. The number of rotatable bonds is 5. The maximum absolute atomic E-state index is 13.1. The van der Waals surface area contributed by atoms with Gasteiger partial charge in [-0.2, -0.15) is 0 Å². The molecule has 5 heteroatoms. The fourth-order valence-corrected chi connectivity index (χ4v) is 1.93. The van der Waals surface area contributed by atoms with E-state index >= 15 is 0 Å². The van der Waals surface area contributed by atoms with Crippen LogP contribution < -0.4 is 9.47 Å². The zero-order valence-electron chi connectivity index (χ0n) is 10.8. The van der Waals surface area contributed by atoms with E-state index in [-0.39, 0.29) is 12.5 Å². The standard InChI is InChI=1S/C15H13ClF2O2/c1-19-12-3-5-15(11(7-12)8-16)20-9-10-2-4-13(17)14(18)6-10/h2-7H,8-9H2,1H3. The largest absolute Gasteiger partial charge is 0.497 e. The number of hydrogen-bond acceptors (Lipinski definition) is 2. The molecule has 0 aliphatic heterocycles. The van der Waals surface area contributed by atoms with Crippen LogP contribution in [0.3, 0.4) is 0 Å². The van der Waals surface area contributed by atoms with Crippen molar-refractivity contribution in [1.82, 2.24) is 0 Å². The van der Waals surface area contributed by atoms with Gasteiger partial charge in [-0.1, -0.05) is 6.07 Å². The Morgan fingerprint density at radius 1 is 1.05 bits per heavy atom. The summed E-state index contributed by atoms with van der Waals surface area (Å²) in [6.07, 6.45) is 0. The first-order chi connectivity index (χ1) is 9.63. The summed E-state index contributed by atoms with van der Waals surface area (Å²) in [5, 5.41) is 0. The van der Waals surface area contributed by atoms with Crippen molar-refractivity contribution in [2.45, 2.75) is 12.5 Å². The average molecular weight is 299 g/mol. The topological polar surface area (TPSA) is 18.5 Å². The molecule has 0 bridgehead atoms. The van der Waals surface area contributed by atoms with Crippen molar-refractivity contribution in [2.24, 2.45) is 0 Å². The first-order valence-corrected chi connectivity index (χ1v) is 6.47. The molecule has 0 heterocycles. The normalized spacial score (nSPS) is 10.4. The highest BCUT2D eigenvalue weighted by atomic mass is 35.5. The summed E-state index contributed by atoms with van der Waals surface area (Å²) >= 11 is 5.84. The Morgan fingerprint density at radius 3 is 2.50 bits per heavy atom. The summed E-state index contributed by atoms with van der Waals surface area (Å²) in [7, 11) is 1.56. The number of hydrogen-bond donors (Lipinski definition) is 0. The molecule has 2 rings (SSSR count). The second-order valence-electron chi connectivity index (χ2n) is 4.14. The molecule has 2 aromatic carbocycles. The van der Waals surface area contributed by atoms with Crippen molar-refractivity contribution in [2.75, 3.05) is 7.11 Å². The second kappa shape index (κ2) is 6.57. The zero-order valence-corrected chi connectivity index (χ0v) is 11.6. The highest BCUT2D eigenvalue weighted by Gasteiger charge is 2.07. The Balaban J connectivity index is 2.12. The maximum atomic E-state index is 13.1. The molecule has 0 atom stereocenters. The summed E-state index contributed by atoms with van der Waals surface area (Å²) < 4.78 is 36.6. The summed E-state index contributed by atoms with van der Waals surface area (Å²) in [4.78, 5) is 0. The van der Waals surface area contributed by atoms with Gasteiger partial charge in [0, 0.05) is 5.56 Å². The molecule has 0 aliphatic carbocycles. The maximum Gasteiger partial charge on any atom is 0.159 e. The van der Waals surface area contributed by atoms with Gasteiger partial charge in [0.05, 0.1) is 13.0 Å². The molecule has 0 amide bonds. The molecule has 106 valence electrons. The lowest BCUT2D eigenvalue weighted by atomic mass is 10.2. The predicted molar refractivity (Wildman–Crippen MR) is 73.2 cm³/mol. The summed E-state index contributed by atoms with van der Waals surface area (Å²) in [6.45, 7) is 0.132. The molecular formula is C15H13ClF2O2. The second-order valence-corrected chi connectivity index (χ2v) is 4.41. The Bertz CT molecular complexity index is 602. The van der Waals surface area contributed by atoms with Crippen LogP contribution in [0.1, 0.15) is 11.1 Å². The van der Waals surface area contributed by atoms with Gasteiger partial charge < -0.3 is 9.47 Å². The van der Waals surface area contributed by atoms with Crippen LogP contribution in [0.15, 0.2) is 36.4 Å². The fourth-order valence-electron chi connectivity index (χ4n) is 1.72. The van der Waals surface area contributed by atoms with E-state index in [0.29, 0.717) is 17.1 Å². The molecule has 0 aliphatic rings. The Morgan fingerprint density at radius 2 is 1.85 bits per heavy atom. The highest BCUT2D eigenvalue weighted by Crippen LogP contribution is 2.26. The van der Waals surface area contributed by atoms with Crippen molar-refractivity contribution in [3.63, 3.8) is 0 Å². The number of halogens is 3. The lowest BCUT2D eigenvalue weighted by Crippen LogP contribution is -1.99. The van der Waals surface area contributed by atoms with Crippen LogP contribution in [-0.2, 0) is 12.5 Å².